The van der Waals surface area contributed by atoms with Crippen LogP contribution in [0.15, 0.2) is 53.4 Å². The average molecular weight is 333 g/mol. The van der Waals surface area contributed by atoms with Crippen LogP contribution in [0.1, 0.15) is 24.2 Å². The second-order valence-corrected chi connectivity index (χ2v) is 6.59. The Morgan fingerprint density at radius 1 is 0.957 bits per heavy atom. The predicted octanol–water partition coefficient (Wildman–Crippen LogP) is 2.83. The third-order valence-electron chi connectivity index (χ3n) is 3.23. The molecule has 2 aromatic carbocycles. The molecule has 23 heavy (non-hydrogen) atoms. The molecule has 0 saturated carbocycles. The van der Waals surface area contributed by atoms with Crippen LogP contribution in [0.5, 0.6) is 0 Å². The van der Waals surface area contributed by atoms with Gasteiger partial charge in [-0.1, -0.05) is 31.2 Å². The maximum Gasteiger partial charge on any atom is 0.338 e. The van der Waals surface area contributed by atoms with Gasteiger partial charge in [-0.25, -0.2) is 17.9 Å². The Labute approximate surface area is 136 Å². The van der Waals surface area contributed by atoms with Crippen LogP contribution in [0.3, 0.4) is 0 Å². The minimum atomic E-state index is -3.44. The Bertz CT molecular complexity index is 765. The monoisotopic (exact) mass is 333 g/mol. The van der Waals surface area contributed by atoms with Crippen molar-refractivity contribution >= 4 is 16.0 Å². The Balaban J connectivity index is 2.21. The van der Waals surface area contributed by atoms with Gasteiger partial charge in [0.15, 0.2) is 0 Å². The van der Waals surface area contributed by atoms with Gasteiger partial charge in [0.2, 0.25) is 10.0 Å². The predicted molar refractivity (Wildman–Crippen MR) is 88.7 cm³/mol. The fourth-order valence-electron chi connectivity index (χ4n) is 2.11. The van der Waals surface area contributed by atoms with E-state index in [9.17, 15) is 13.2 Å². The fourth-order valence-corrected chi connectivity index (χ4v) is 3.15. The average Bonchev–Trinajstić information content (AvgIpc) is 2.55. The van der Waals surface area contributed by atoms with Crippen LogP contribution in [0.4, 0.5) is 0 Å². The van der Waals surface area contributed by atoms with Gasteiger partial charge in [0.05, 0.1) is 17.1 Å². The van der Waals surface area contributed by atoms with Gasteiger partial charge in [0, 0.05) is 6.54 Å². The van der Waals surface area contributed by atoms with Gasteiger partial charge >= 0.3 is 5.97 Å². The van der Waals surface area contributed by atoms with Gasteiger partial charge in [0.1, 0.15) is 0 Å². The molecule has 0 spiro atoms. The number of sulfonamides is 1. The highest BCUT2D eigenvalue weighted by atomic mass is 32.2. The standard InChI is InChI=1S/C17H19NO4S/c1-3-18-23(20,21)16-11-9-14(10-12-16)13-5-7-15(8-6-13)17(19)22-4-2/h5-12,18H,3-4H2,1-2H3. The molecule has 0 aliphatic carbocycles. The minimum Gasteiger partial charge on any atom is -0.462 e. The zero-order chi connectivity index (χ0) is 16.9. The molecule has 5 nitrogen and oxygen atoms in total. The summed E-state index contributed by atoms with van der Waals surface area (Å²) in [5.74, 6) is -0.355. The van der Waals surface area contributed by atoms with E-state index < -0.39 is 10.0 Å². The lowest BCUT2D eigenvalue weighted by molar-refractivity contribution is 0.0526. The lowest BCUT2D eigenvalue weighted by Crippen LogP contribution is -2.22. The van der Waals surface area contributed by atoms with Crippen molar-refractivity contribution in [1.82, 2.24) is 4.72 Å². The zero-order valence-corrected chi connectivity index (χ0v) is 13.9. The van der Waals surface area contributed by atoms with Gasteiger partial charge in [-0.3, -0.25) is 0 Å². The van der Waals surface area contributed by atoms with E-state index in [1.54, 1.807) is 62.4 Å². The number of rotatable bonds is 6. The normalized spacial score (nSPS) is 11.2. The van der Waals surface area contributed by atoms with Crippen molar-refractivity contribution in [2.24, 2.45) is 0 Å². The van der Waals surface area contributed by atoms with Crippen LogP contribution in [0.25, 0.3) is 11.1 Å². The highest BCUT2D eigenvalue weighted by molar-refractivity contribution is 7.89. The molecule has 0 saturated heterocycles. The second kappa shape index (κ2) is 7.39. The number of hydrogen-bond donors (Lipinski definition) is 1. The summed E-state index contributed by atoms with van der Waals surface area (Å²) in [5.41, 5.74) is 2.25. The van der Waals surface area contributed by atoms with Crippen molar-refractivity contribution in [3.05, 3.63) is 54.1 Å². The molecule has 2 rings (SSSR count). The summed E-state index contributed by atoms with van der Waals surface area (Å²) in [7, 11) is -3.44. The van der Waals surface area contributed by atoms with Crippen LogP contribution in [-0.2, 0) is 14.8 Å². The molecule has 0 fully saturated rings. The lowest BCUT2D eigenvalue weighted by Gasteiger charge is -2.07. The van der Waals surface area contributed by atoms with E-state index in [-0.39, 0.29) is 10.9 Å². The van der Waals surface area contributed by atoms with Crippen LogP contribution in [-0.4, -0.2) is 27.5 Å². The maximum atomic E-state index is 11.9. The van der Waals surface area contributed by atoms with Crippen molar-refractivity contribution in [3.8, 4) is 11.1 Å². The van der Waals surface area contributed by atoms with Gasteiger partial charge in [-0.2, -0.15) is 0 Å². The summed E-state index contributed by atoms with van der Waals surface area (Å²) in [6.45, 7) is 4.17. The molecule has 0 aromatic heterocycles. The van der Waals surface area contributed by atoms with E-state index in [4.69, 9.17) is 4.74 Å². The number of esters is 1. The summed E-state index contributed by atoms with van der Waals surface area (Å²) >= 11 is 0. The summed E-state index contributed by atoms with van der Waals surface area (Å²) in [5, 5.41) is 0. The van der Waals surface area contributed by atoms with Crippen molar-refractivity contribution < 1.29 is 17.9 Å². The molecule has 0 heterocycles. The number of carbonyl (C=O) groups is 1. The smallest absolute Gasteiger partial charge is 0.338 e. The van der Waals surface area contributed by atoms with Crippen LogP contribution in [0, 0.1) is 0 Å². The Morgan fingerprint density at radius 2 is 1.48 bits per heavy atom. The summed E-state index contributed by atoms with van der Waals surface area (Å²) in [6, 6.07) is 13.6. The quantitative estimate of drug-likeness (QED) is 0.825. The molecule has 0 amide bonds. The SMILES string of the molecule is CCNS(=O)(=O)c1ccc(-c2ccc(C(=O)OCC)cc2)cc1. The first-order valence-electron chi connectivity index (χ1n) is 7.35. The molecule has 6 heteroatoms. The van der Waals surface area contributed by atoms with E-state index in [0.29, 0.717) is 18.7 Å². The Hall–Kier alpha value is -2.18. The van der Waals surface area contributed by atoms with E-state index in [1.165, 1.54) is 0 Å². The molecule has 0 bridgehead atoms. The number of benzene rings is 2. The summed E-state index contributed by atoms with van der Waals surface area (Å²) in [6.07, 6.45) is 0. The van der Waals surface area contributed by atoms with Gasteiger partial charge in [-0.15, -0.1) is 0 Å². The molecular weight excluding hydrogens is 314 g/mol. The van der Waals surface area contributed by atoms with E-state index in [0.717, 1.165) is 11.1 Å². The largest absolute Gasteiger partial charge is 0.462 e. The topological polar surface area (TPSA) is 72.5 Å². The molecule has 0 aliphatic heterocycles. The third-order valence-corrected chi connectivity index (χ3v) is 4.79. The molecule has 1 N–H and O–H groups in total. The summed E-state index contributed by atoms with van der Waals surface area (Å²) in [4.78, 5) is 11.8. The molecule has 122 valence electrons. The van der Waals surface area contributed by atoms with Crippen LogP contribution in [0.2, 0.25) is 0 Å². The van der Waals surface area contributed by atoms with Gasteiger partial charge < -0.3 is 4.74 Å². The number of nitrogens with one attached hydrogen (secondary N) is 1. The highest BCUT2D eigenvalue weighted by Gasteiger charge is 2.12. The first-order valence-corrected chi connectivity index (χ1v) is 8.83. The molecular formula is C17H19NO4S. The number of hydrogen-bond acceptors (Lipinski definition) is 4. The number of ether oxygens (including phenoxy) is 1. The fraction of sp³-hybridized carbons (Fsp3) is 0.235. The van der Waals surface area contributed by atoms with Gasteiger partial charge in [-0.05, 0) is 42.3 Å². The molecule has 2 aromatic rings. The number of carbonyl (C=O) groups excluding carboxylic acids is 1. The van der Waals surface area contributed by atoms with Crippen molar-refractivity contribution in [1.29, 1.82) is 0 Å². The van der Waals surface area contributed by atoms with E-state index in [2.05, 4.69) is 4.72 Å². The van der Waals surface area contributed by atoms with E-state index >= 15 is 0 Å². The first kappa shape index (κ1) is 17.2. The lowest BCUT2D eigenvalue weighted by atomic mass is 10.0. The van der Waals surface area contributed by atoms with Crippen LogP contribution >= 0.6 is 0 Å². The van der Waals surface area contributed by atoms with E-state index in [1.807, 2.05) is 0 Å². The minimum absolute atomic E-state index is 0.228. The third kappa shape index (κ3) is 4.18. The molecule has 0 atom stereocenters. The van der Waals surface area contributed by atoms with Gasteiger partial charge in [0.25, 0.3) is 0 Å². The zero-order valence-electron chi connectivity index (χ0n) is 13.1. The molecule has 0 unspecified atom stereocenters. The highest BCUT2D eigenvalue weighted by Crippen LogP contribution is 2.22. The van der Waals surface area contributed by atoms with Crippen LogP contribution < -0.4 is 4.72 Å². The molecule has 0 aliphatic rings. The van der Waals surface area contributed by atoms with Crippen molar-refractivity contribution in [2.75, 3.05) is 13.2 Å². The maximum absolute atomic E-state index is 11.9. The van der Waals surface area contributed by atoms with Crippen molar-refractivity contribution in [2.45, 2.75) is 18.7 Å². The second-order valence-electron chi connectivity index (χ2n) is 4.82. The Morgan fingerprint density at radius 3 is 1.96 bits per heavy atom. The summed E-state index contributed by atoms with van der Waals surface area (Å²) < 4.78 is 31.2. The van der Waals surface area contributed by atoms with Crippen molar-refractivity contribution in [3.63, 3.8) is 0 Å². The molecule has 0 radical (unpaired) electrons. The Kier molecular flexibility index (Phi) is 5.52. The first-order chi connectivity index (χ1) is 11.0.